The molecule has 2 N–H and O–H groups in total. The maximum atomic E-state index is 12.5. The van der Waals surface area contributed by atoms with Crippen LogP contribution in [0.1, 0.15) is 64.3 Å². The van der Waals surface area contributed by atoms with E-state index in [1.807, 2.05) is 6.92 Å². The van der Waals surface area contributed by atoms with E-state index in [1.165, 1.54) is 11.3 Å². The monoisotopic (exact) mass is 444 g/mol. The number of hydrogen-bond acceptors (Lipinski definition) is 7. The highest BCUT2D eigenvalue weighted by atomic mass is 32.1. The molecule has 0 saturated carbocycles. The molecule has 3 rings (SSSR count). The average Bonchev–Trinajstić information content (AvgIpc) is 3.14. The van der Waals surface area contributed by atoms with Crippen molar-refractivity contribution in [3.05, 3.63) is 45.8 Å². The van der Waals surface area contributed by atoms with Crippen LogP contribution in [-0.4, -0.2) is 37.6 Å². The van der Waals surface area contributed by atoms with E-state index in [1.54, 1.807) is 31.2 Å². The van der Waals surface area contributed by atoms with E-state index in [4.69, 9.17) is 9.47 Å². The zero-order valence-corrected chi connectivity index (χ0v) is 18.7. The molecule has 2 aromatic rings. The Morgan fingerprint density at radius 3 is 2.45 bits per heavy atom. The summed E-state index contributed by atoms with van der Waals surface area (Å²) >= 11 is 1.47. The molecule has 0 radical (unpaired) electrons. The summed E-state index contributed by atoms with van der Waals surface area (Å²) in [6.45, 7) is 4.42. The average molecular weight is 445 g/mol. The second-order valence-corrected chi connectivity index (χ2v) is 8.36. The maximum Gasteiger partial charge on any atom is 0.341 e. The fourth-order valence-corrected chi connectivity index (χ4v) is 4.72. The number of carbonyl (C=O) groups excluding carboxylic acids is 3. The molecular formula is C23H28N2O5S. The van der Waals surface area contributed by atoms with Crippen LogP contribution >= 0.6 is 11.3 Å². The van der Waals surface area contributed by atoms with E-state index in [0.717, 1.165) is 42.5 Å². The second-order valence-electron chi connectivity index (χ2n) is 7.25. The molecule has 1 amide bonds. The minimum atomic E-state index is -0.379. The number of fused-ring (bicyclic) bond motifs is 1. The van der Waals surface area contributed by atoms with Crippen molar-refractivity contribution in [3.8, 4) is 0 Å². The molecule has 0 saturated heterocycles. The first-order valence-electron chi connectivity index (χ1n) is 10.7. The Labute approximate surface area is 186 Å². The Bertz CT molecular complexity index is 936. The third-order valence-corrected chi connectivity index (χ3v) is 6.12. The van der Waals surface area contributed by atoms with Crippen LogP contribution in [0.2, 0.25) is 0 Å². The Hall–Kier alpha value is -2.87. The zero-order valence-electron chi connectivity index (χ0n) is 17.9. The highest BCUT2D eigenvalue weighted by Crippen LogP contribution is 2.38. The van der Waals surface area contributed by atoms with Crippen molar-refractivity contribution in [3.63, 3.8) is 0 Å². The van der Waals surface area contributed by atoms with Crippen LogP contribution in [0.15, 0.2) is 24.3 Å². The number of nitrogens with one attached hydrogen (secondary N) is 2. The summed E-state index contributed by atoms with van der Waals surface area (Å²) < 4.78 is 10.3. The number of rotatable bonds is 9. The topological polar surface area (TPSA) is 93.7 Å². The van der Waals surface area contributed by atoms with Gasteiger partial charge in [0.05, 0.1) is 30.9 Å². The van der Waals surface area contributed by atoms with Crippen molar-refractivity contribution >= 4 is 39.9 Å². The molecule has 31 heavy (non-hydrogen) atoms. The van der Waals surface area contributed by atoms with Crippen molar-refractivity contribution < 1.29 is 23.9 Å². The highest BCUT2D eigenvalue weighted by molar-refractivity contribution is 7.17. The van der Waals surface area contributed by atoms with Gasteiger partial charge in [-0.2, -0.15) is 0 Å². The van der Waals surface area contributed by atoms with Gasteiger partial charge in [-0.1, -0.05) is 6.92 Å². The van der Waals surface area contributed by atoms with Gasteiger partial charge in [0.25, 0.3) is 0 Å². The van der Waals surface area contributed by atoms with E-state index in [0.29, 0.717) is 35.0 Å². The van der Waals surface area contributed by atoms with Crippen LogP contribution < -0.4 is 10.6 Å². The lowest BCUT2D eigenvalue weighted by Crippen LogP contribution is -2.22. The first-order chi connectivity index (χ1) is 15.0. The normalized spacial score (nSPS) is 12.6. The van der Waals surface area contributed by atoms with Gasteiger partial charge in [-0.3, -0.25) is 4.79 Å². The Morgan fingerprint density at radius 1 is 1.00 bits per heavy atom. The molecule has 0 unspecified atom stereocenters. The lowest BCUT2D eigenvalue weighted by Gasteiger charge is -2.12. The molecule has 0 spiro atoms. The largest absolute Gasteiger partial charge is 0.462 e. The van der Waals surface area contributed by atoms with Crippen LogP contribution in [0.5, 0.6) is 0 Å². The van der Waals surface area contributed by atoms with Gasteiger partial charge in [0.1, 0.15) is 5.00 Å². The summed E-state index contributed by atoms with van der Waals surface area (Å²) in [5.74, 6) is -0.995. The first kappa shape index (κ1) is 22.8. The van der Waals surface area contributed by atoms with E-state index < -0.39 is 0 Å². The number of carbonyl (C=O) groups is 3. The maximum absolute atomic E-state index is 12.5. The number of hydrogen-bond donors (Lipinski definition) is 2. The van der Waals surface area contributed by atoms with Crippen LogP contribution in [0.3, 0.4) is 0 Å². The standard InChI is InChI=1S/C23H28N2O5S/c1-3-13-30-22(27)15-9-11-16(12-10-15)24-14-19(26)25-21-20(23(28)29-4-2)17-7-5-6-8-18(17)31-21/h9-12,24H,3-8,13-14H2,1-2H3,(H,25,26). The second kappa shape index (κ2) is 10.9. The van der Waals surface area contributed by atoms with E-state index in [9.17, 15) is 14.4 Å². The molecule has 1 aliphatic rings. The Morgan fingerprint density at radius 2 is 1.74 bits per heavy atom. The minimum Gasteiger partial charge on any atom is -0.462 e. The molecule has 7 nitrogen and oxygen atoms in total. The van der Waals surface area contributed by atoms with Crippen molar-refractivity contribution in [2.75, 3.05) is 30.4 Å². The molecule has 1 aromatic heterocycles. The molecule has 1 aromatic carbocycles. The van der Waals surface area contributed by atoms with Crippen LogP contribution in [0.25, 0.3) is 0 Å². The number of ether oxygens (including phenoxy) is 2. The van der Waals surface area contributed by atoms with Crippen molar-refractivity contribution in [2.45, 2.75) is 46.0 Å². The van der Waals surface area contributed by atoms with E-state index >= 15 is 0 Å². The number of anilines is 2. The predicted molar refractivity (Wildman–Crippen MR) is 121 cm³/mol. The Kier molecular flexibility index (Phi) is 8.06. The molecule has 166 valence electrons. The van der Waals surface area contributed by atoms with Gasteiger partial charge in [-0.15, -0.1) is 11.3 Å². The van der Waals surface area contributed by atoms with Gasteiger partial charge < -0.3 is 20.1 Å². The third-order valence-electron chi connectivity index (χ3n) is 4.91. The number of benzene rings is 1. The van der Waals surface area contributed by atoms with E-state index in [-0.39, 0.29) is 24.4 Å². The van der Waals surface area contributed by atoms with Crippen molar-refractivity contribution in [2.24, 2.45) is 0 Å². The van der Waals surface area contributed by atoms with Crippen molar-refractivity contribution in [1.29, 1.82) is 0 Å². The van der Waals surface area contributed by atoms with Crippen LogP contribution in [-0.2, 0) is 27.1 Å². The first-order valence-corrected chi connectivity index (χ1v) is 11.5. The molecule has 1 heterocycles. The summed E-state index contributed by atoms with van der Waals surface area (Å²) in [6.07, 6.45) is 4.65. The molecule has 1 aliphatic carbocycles. The van der Waals surface area contributed by atoms with Gasteiger partial charge in [0.2, 0.25) is 5.91 Å². The SMILES string of the molecule is CCCOC(=O)c1ccc(NCC(=O)Nc2sc3c(c2C(=O)OCC)CCCC3)cc1. The number of aryl methyl sites for hydroxylation is 1. The summed E-state index contributed by atoms with van der Waals surface area (Å²) in [7, 11) is 0. The molecule has 8 heteroatoms. The molecule has 0 atom stereocenters. The smallest absolute Gasteiger partial charge is 0.341 e. The van der Waals surface area contributed by atoms with Gasteiger partial charge in [-0.05, 0) is 68.9 Å². The van der Waals surface area contributed by atoms with Gasteiger partial charge in [0, 0.05) is 10.6 Å². The fraction of sp³-hybridized carbons (Fsp3) is 0.435. The lowest BCUT2D eigenvalue weighted by molar-refractivity contribution is -0.114. The summed E-state index contributed by atoms with van der Waals surface area (Å²) in [5.41, 5.74) is 2.69. The highest BCUT2D eigenvalue weighted by Gasteiger charge is 2.27. The van der Waals surface area contributed by atoms with Gasteiger partial charge in [0.15, 0.2) is 0 Å². The third kappa shape index (κ3) is 5.85. The lowest BCUT2D eigenvalue weighted by atomic mass is 9.95. The van der Waals surface area contributed by atoms with Crippen LogP contribution in [0.4, 0.5) is 10.7 Å². The van der Waals surface area contributed by atoms with Gasteiger partial charge >= 0.3 is 11.9 Å². The minimum absolute atomic E-state index is 0.0322. The molecule has 0 fully saturated rings. The number of esters is 2. The number of amides is 1. The molecule has 0 bridgehead atoms. The summed E-state index contributed by atoms with van der Waals surface area (Å²) in [5, 5.41) is 6.47. The Balaban J connectivity index is 1.61. The van der Waals surface area contributed by atoms with Crippen molar-refractivity contribution in [1.82, 2.24) is 0 Å². The van der Waals surface area contributed by atoms with Gasteiger partial charge in [-0.25, -0.2) is 9.59 Å². The van der Waals surface area contributed by atoms with Crippen LogP contribution in [0, 0.1) is 0 Å². The summed E-state index contributed by atoms with van der Waals surface area (Å²) in [4.78, 5) is 38.0. The fourth-order valence-electron chi connectivity index (χ4n) is 3.43. The molecular weight excluding hydrogens is 416 g/mol. The predicted octanol–water partition coefficient (Wildman–Crippen LogP) is 4.42. The zero-order chi connectivity index (χ0) is 22.2. The quantitative estimate of drug-likeness (QED) is 0.556. The summed E-state index contributed by atoms with van der Waals surface area (Å²) in [6, 6.07) is 6.77. The number of thiophene rings is 1. The van der Waals surface area contributed by atoms with E-state index in [2.05, 4.69) is 10.6 Å². The molecule has 0 aliphatic heterocycles.